The monoisotopic (exact) mass is 478 g/mol. The lowest BCUT2D eigenvalue weighted by Gasteiger charge is -2.09. The number of nitrogens with zero attached hydrogens (tertiary/aromatic N) is 2. The standard InChI is InChI=1S/C19H19BrN4O2S2/c1-10-11(2)28-19-17(10)18(22-12(3)23-19)27-9-16(26)21-8-15(25)24-14-7-5-4-6-13(14)20/h4-7H,8-9H2,1-3H3,(H,21,26)(H,24,25). The van der Waals surface area contributed by atoms with Crippen molar-refractivity contribution >= 4 is 66.7 Å². The number of halogens is 1. The van der Waals surface area contributed by atoms with E-state index in [4.69, 9.17) is 0 Å². The Kier molecular flexibility index (Phi) is 6.69. The lowest BCUT2D eigenvalue weighted by atomic mass is 10.2. The molecule has 0 aliphatic heterocycles. The molecule has 0 atom stereocenters. The van der Waals surface area contributed by atoms with Gasteiger partial charge in [-0.2, -0.15) is 0 Å². The summed E-state index contributed by atoms with van der Waals surface area (Å²) in [5.41, 5.74) is 1.81. The number of anilines is 1. The largest absolute Gasteiger partial charge is 0.346 e. The molecule has 0 fully saturated rings. The summed E-state index contributed by atoms with van der Waals surface area (Å²) in [4.78, 5) is 35.4. The summed E-state index contributed by atoms with van der Waals surface area (Å²) < 4.78 is 0.787. The molecule has 2 amide bonds. The van der Waals surface area contributed by atoms with E-state index < -0.39 is 0 Å². The normalized spacial score (nSPS) is 10.9. The number of fused-ring (bicyclic) bond motifs is 1. The van der Waals surface area contributed by atoms with Gasteiger partial charge >= 0.3 is 0 Å². The number of carbonyl (C=O) groups is 2. The Bertz CT molecular complexity index is 1050. The molecule has 0 radical (unpaired) electrons. The van der Waals surface area contributed by atoms with E-state index in [1.807, 2.05) is 32.0 Å². The van der Waals surface area contributed by atoms with Crippen LogP contribution in [0.2, 0.25) is 0 Å². The zero-order valence-electron chi connectivity index (χ0n) is 15.6. The number of aryl methyl sites for hydroxylation is 3. The Labute approximate surface area is 179 Å². The summed E-state index contributed by atoms with van der Waals surface area (Å²) in [6, 6.07) is 7.31. The maximum atomic E-state index is 12.2. The van der Waals surface area contributed by atoms with Crippen LogP contribution in [0.25, 0.3) is 10.2 Å². The summed E-state index contributed by atoms with van der Waals surface area (Å²) in [7, 11) is 0. The predicted molar refractivity (Wildman–Crippen MR) is 118 cm³/mol. The average molecular weight is 479 g/mol. The molecule has 6 nitrogen and oxygen atoms in total. The molecule has 3 rings (SSSR count). The van der Waals surface area contributed by atoms with E-state index >= 15 is 0 Å². The van der Waals surface area contributed by atoms with Gasteiger partial charge in [-0.15, -0.1) is 11.3 Å². The summed E-state index contributed by atoms with van der Waals surface area (Å²) in [5, 5.41) is 7.22. The number of carbonyl (C=O) groups excluding carboxylic acids is 2. The fourth-order valence-electron chi connectivity index (χ4n) is 2.54. The number of benzene rings is 1. The summed E-state index contributed by atoms with van der Waals surface area (Å²) in [5.74, 6) is 0.364. The van der Waals surface area contributed by atoms with Gasteiger partial charge in [-0.05, 0) is 54.4 Å². The van der Waals surface area contributed by atoms with Crippen molar-refractivity contribution in [3.63, 3.8) is 0 Å². The molecule has 146 valence electrons. The predicted octanol–water partition coefficient (Wildman–Crippen LogP) is 4.23. The first kappa shape index (κ1) is 20.8. The number of hydrogen-bond acceptors (Lipinski definition) is 6. The van der Waals surface area contributed by atoms with Crippen LogP contribution < -0.4 is 10.6 Å². The molecular weight excluding hydrogens is 460 g/mol. The average Bonchev–Trinajstić information content (AvgIpc) is 2.93. The molecule has 0 aliphatic carbocycles. The molecule has 1 aromatic carbocycles. The van der Waals surface area contributed by atoms with Gasteiger partial charge in [-0.3, -0.25) is 9.59 Å². The number of hydrogen-bond donors (Lipinski definition) is 2. The minimum atomic E-state index is -0.283. The lowest BCUT2D eigenvalue weighted by Crippen LogP contribution is -2.34. The van der Waals surface area contributed by atoms with Gasteiger partial charge in [0.25, 0.3) is 0 Å². The highest BCUT2D eigenvalue weighted by Crippen LogP contribution is 2.34. The van der Waals surface area contributed by atoms with Crippen molar-refractivity contribution in [3.05, 3.63) is 45.0 Å². The third-order valence-electron chi connectivity index (χ3n) is 4.04. The number of thiophene rings is 1. The molecule has 0 spiro atoms. The van der Waals surface area contributed by atoms with Crippen molar-refractivity contribution in [3.8, 4) is 0 Å². The van der Waals surface area contributed by atoms with Gasteiger partial charge < -0.3 is 10.6 Å². The van der Waals surface area contributed by atoms with Gasteiger partial charge in [0.2, 0.25) is 11.8 Å². The topological polar surface area (TPSA) is 84.0 Å². The molecule has 2 N–H and O–H groups in total. The van der Waals surface area contributed by atoms with Crippen molar-refractivity contribution in [2.45, 2.75) is 25.8 Å². The highest BCUT2D eigenvalue weighted by atomic mass is 79.9. The van der Waals surface area contributed by atoms with Gasteiger partial charge in [0.1, 0.15) is 15.7 Å². The van der Waals surface area contributed by atoms with Gasteiger partial charge in [-0.25, -0.2) is 9.97 Å². The smallest absolute Gasteiger partial charge is 0.243 e. The summed E-state index contributed by atoms with van der Waals surface area (Å²) in [6.07, 6.45) is 0. The van der Waals surface area contributed by atoms with Crippen molar-refractivity contribution in [1.82, 2.24) is 15.3 Å². The first-order valence-corrected chi connectivity index (χ1v) is 11.1. The molecule has 2 heterocycles. The van der Waals surface area contributed by atoms with Crippen LogP contribution in [0.4, 0.5) is 5.69 Å². The number of nitrogens with one attached hydrogen (secondary N) is 2. The Morgan fingerprint density at radius 2 is 1.89 bits per heavy atom. The number of rotatable bonds is 6. The van der Waals surface area contributed by atoms with Crippen molar-refractivity contribution < 1.29 is 9.59 Å². The zero-order chi connectivity index (χ0) is 20.3. The van der Waals surface area contributed by atoms with Crippen LogP contribution in [-0.2, 0) is 9.59 Å². The number of aromatic nitrogens is 2. The van der Waals surface area contributed by atoms with E-state index in [-0.39, 0.29) is 24.1 Å². The van der Waals surface area contributed by atoms with Crippen molar-refractivity contribution in [2.24, 2.45) is 0 Å². The first-order chi connectivity index (χ1) is 13.3. The van der Waals surface area contributed by atoms with Crippen LogP contribution >= 0.6 is 39.0 Å². The van der Waals surface area contributed by atoms with E-state index in [0.717, 1.165) is 25.3 Å². The molecule has 28 heavy (non-hydrogen) atoms. The number of thioether (sulfide) groups is 1. The Morgan fingerprint density at radius 3 is 2.64 bits per heavy atom. The quantitative estimate of drug-likeness (QED) is 0.409. The maximum Gasteiger partial charge on any atom is 0.243 e. The molecule has 0 saturated carbocycles. The fourth-order valence-corrected chi connectivity index (χ4v) is 5.02. The van der Waals surface area contributed by atoms with Crippen LogP contribution in [0.5, 0.6) is 0 Å². The lowest BCUT2D eigenvalue weighted by molar-refractivity contribution is -0.122. The first-order valence-electron chi connectivity index (χ1n) is 8.53. The zero-order valence-corrected chi connectivity index (χ0v) is 18.8. The molecule has 0 bridgehead atoms. The van der Waals surface area contributed by atoms with Crippen molar-refractivity contribution in [1.29, 1.82) is 0 Å². The van der Waals surface area contributed by atoms with Crippen molar-refractivity contribution in [2.75, 3.05) is 17.6 Å². The van der Waals surface area contributed by atoms with Crippen LogP contribution in [0.1, 0.15) is 16.3 Å². The SMILES string of the molecule is Cc1nc(SCC(=O)NCC(=O)Nc2ccccc2Br)c2c(C)c(C)sc2n1. The molecule has 0 saturated heterocycles. The third-order valence-corrected chi connectivity index (χ3v) is 6.81. The summed E-state index contributed by atoms with van der Waals surface area (Å²) >= 11 is 6.37. The van der Waals surface area contributed by atoms with E-state index in [2.05, 4.69) is 43.5 Å². The maximum absolute atomic E-state index is 12.2. The van der Waals surface area contributed by atoms with E-state index in [9.17, 15) is 9.59 Å². The second-order valence-electron chi connectivity index (χ2n) is 6.13. The Morgan fingerprint density at radius 1 is 1.14 bits per heavy atom. The number of amides is 2. The second kappa shape index (κ2) is 9.02. The Balaban J connectivity index is 1.57. The van der Waals surface area contributed by atoms with E-state index in [1.165, 1.54) is 16.6 Å². The van der Waals surface area contributed by atoms with Gasteiger partial charge in [0.05, 0.1) is 18.0 Å². The Hall–Kier alpha value is -1.97. The minimum Gasteiger partial charge on any atom is -0.346 e. The molecule has 3 aromatic rings. The van der Waals surface area contributed by atoms with Gasteiger partial charge in [-0.1, -0.05) is 23.9 Å². The summed E-state index contributed by atoms with van der Waals surface area (Å²) in [6.45, 7) is 5.86. The molecule has 9 heteroatoms. The van der Waals surface area contributed by atoms with Crippen LogP contribution in [-0.4, -0.2) is 34.1 Å². The van der Waals surface area contributed by atoms with Crippen LogP contribution in [0, 0.1) is 20.8 Å². The second-order valence-corrected chi connectivity index (χ2v) is 9.15. The van der Waals surface area contributed by atoms with E-state index in [1.54, 1.807) is 17.4 Å². The van der Waals surface area contributed by atoms with Gasteiger partial charge in [0, 0.05) is 14.7 Å². The minimum absolute atomic E-state index is 0.0878. The highest BCUT2D eigenvalue weighted by Gasteiger charge is 2.15. The van der Waals surface area contributed by atoms with Gasteiger partial charge in [0.15, 0.2) is 0 Å². The number of para-hydroxylation sites is 1. The third kappa shape index (κ3) is 4.89. The molecular formula is C19H19BrN4O2S2. The van der Waals surface area contributed by atoms with E-state index in [0.29, 0.717) is 11.5 Å². The molecule has 0 aliphatic rings. The van der Waals surface area contributed by atoms with Crippen LogP contribution in [0.15, 0.2) is 33.8 Å². The fraction of sp³-hybridized carbons (Fsp3) is 0.263. The molecule has 2 aromatic heterocycles. The molecule has 0 unspecified atom stereocenters. The van der Waals surface area contributed by atoms with Crippen LogP contribution in [0.3, 0.4) is 0 Å². The highest BCUT2D eigenvalue weighted by molar-refractivity contribution is 9.10.